The Labute approximate surface area is 109 Å². The molecule has 2 heterocycles. The molecule has 0 aromatic carbocycles. The van der Waals surface area contributed by atoms with E-state index < -0.39 is 0 Å². The molecule has 1 aromatic rings. The van der Waals surface area contributed by atoms with Crippen molar-refractivity contribution in [2.45, 2.75) is 45.8 Å². The smallest absolute Gasteiger partial charge is 0.399 e. The van der Waals surface area contributed by atoms with E-state index in [1.165, 1.54) is 0 Å². The Hall–Kier alpha value is -1.13. The highest BCUT2D eigenvalue weighted by atomic mass is 16.7. The molecule has 0 radical (unpaired) electrons. The van der Waals surface area contributed by atoms with Crippen LogP contribution in [0.25, 0.3) is 6.08 Å². The molecular formula is C14H20BNO2. The summed E-state index contributed by atoms with van der Waals surface area (Å²) in [5.74, 6) is 0. The van der Waals surface area contributed by atoms with Gasteiger partial charge in [-0.2, -0.15) is 0 Å². The molecule has 0 aliphatic carbocycles. The van der Waals surface area contributed by atoms with Gasteiger partial charge in [-0.05, 0) is 51.2 Å². The van der Waals surface area contributed by atoms with Gasteiger partial charge in [0.1, 0.15) is 0 Å². The van der Waals surface area contributed by atoms with Gasteiger partial charge in [0.2, 0.25) is 0 Å². The first-order chi connectivity index (χ1) is 8.28. The van der Waals surface area contributed by atoms with Gasteiger partial charge in [0, 0.05) is 12.4 Å². The van der Waals surface area contributed by atoms with Gasteiger partial charge in [0.25, 0.3) is 0 Å². The molecule has 0 spiro atoms. The topological polar surface area (TPSA) is 31.4 Å². The zero-order valence-electron chi connectivity index (χ0n) is 11.8. The summed E-state index contributed by atoms with van der Waals surface area (Å²) in [6.45, 7) is 14.1. The largest absolute Gasteiger partial charge is 0.495 e. The third-order valence-corrected chi connectivity index (χ3v) is 3.93. The van der Waals surface area contributed by atoms with Crippen molar-refractivity contribution in [2.75, 3.05) is 0 Å². The maximum atomic E-state index is 6.08. The van der Waals surface area contributed by atoms with Crippen molar-refractivity contribution >= 4 is 18.7 Å². The van der Waals surface area contributed by atoms with Crippen LogP contribution >= 0.6 is 0 Å². The Bertz CT molecular complexity index is 467. The number of hydrogen-bond donors (Lipinski definition) is 0. The maximum absolute atomic E-state index is 6.08. The molecule has 4 heteroatoms. The summed E-state index contributed by atoms with van der Waals surface area (Å²) in [6, 6.07) is 0. The van der Waals surface area contributed by atoms with E-state index in [9.17, 15) is 0 Å². The summed E-state index contributed by atoms with van der Waals surface area (Å²) in [7, 11) is -0.356. The predicted molar refractivity (Wildman–Crippen MR) is 74.8 cm³/mol. The standard InChI is InChI=1S/C14H20BNO2/c1-7-11-9-16-8-10(2)12(11)15-17-13(3,4)14(5,6)18-15/h7-9H,1H2,2-6H3. The molecule has 1 aromatic heterocycles. The molecule has 2 rings (SSSR count). The van der Waals surface area contributed by atoms with Crippen LogP contribution in [0.5, 0.6) is 0 Å². The molecule has 3 nitrogen and oxygen atoms in total. The van der Waals surface area contributed by atoms with Crippen molar-refractivity contribution in [1.29, 1.82) is 0 Å². The van der Waals surface area contributed by atoms with Crippen LogP contribution < -0.4 is 5.46 Å². The third kappa shape index (κ3) is 2.00. The first-order valence-electron chi connectivity index (χ1n) is 6.21. The lowest BCUT2D eigenvalue weighted by Crippen LogP contribution is -2.41. The van der Waals surface area contributed by atoms with Gasteiger partial charge in [0.05, 0.1) is 11.2 Å². The van der Waals surface area contributed by atoms with E-state index in [2.05, 4.69) is 39.3 Å². The van der Waals surface area contributed by atoms with Gasteiger partial charge in [-0.3, -0.25) is 4.98 Å². The summed E-state index contributed by atoms with van der Waals surface area (Å²) < 4.78 is 12.2. The summed E-state index contributed by atoms with van der Waals surface area (Å²) in [5.41, 5.74) is 2.40. The molecule has 0 saturated carbocycles. The quantitative estimate of drug-likeness (QED) is 0.749. The average Bonchev–Trinajstić information content (AvgIpc) is 2.47. The monoisotopic (exact) mass is 245 g/mol. The SMILES string of the molecule is C=Cc1cncc(C)c1B1OC(C)(C)C(C)(C)O1. The van der Waals surface area contributed by atoms with E-state index in [-0.39, 0.29) is 18.3 Å². The van der Waals surface area contributed by atoms with Crippen LogP contribution in [0, 0.1) is 6.92 Å². The number of aryl methyl sites for hydroxylation is 1. The Morgan fingerprint density at radius 2 is 1.72 bits per heavy atom. The fraction of sp³-hybridized carbons (Fsp3) is 0.500. The van der Waals surface area contributed by atoms with Crippen LogP contribution in [0.4, 0.5) is 0 Å². The number of hydrogen-bond acceptors (Lipinski definition) is 3. The Balaban J connectivity index is 2.44. The van der Waals surface area contributed by atoms with Crippen molar-refractivity contribution in [1.82, 2.24) is 4.98 Å². The molecule has 1 fully saturated rings. The van der Waals surface area contributed by atoms with Crippen LogP contribution in [0.2, 0.25) is 0 Å². The summed E-state index contributed by atoms with van der Waals surface area (Å²) >= 11 is 0. The zero-order chi connectivity index (χ0) is 13.6. The highest BCUT2D eigenvalue weighted by Crippen LogP contribution is 2.36. The van der Waals surface area contributed by atoms with Gasteiger partial charge >= 0.3 is 7.12 Å². The van der Waals surface area contributed by atoms with Crippen molar-refractivity contribution in [2.24, 2.45) is 0 Å². The Morgan fingerprint density at radius 3 is 2.22 bits per heavy atom. The second kappa shape index (κ2) is 4.21. The van der Waals surface area contributed by atoms with Gasteiger partial charge in [-0.25, -0.2) is 0 Å². The molecule has 1 aliphatic heterocycles. The van der Waals surface area contributed by atoms with Gasteiger partial charge in [-0.15, -0.1) is 0 Å². The molecular weight excluding hydrogens is 225 g/mol. The van der Waals surface area contributed by atoms with Crippen molar-refractivity contribution < 1.29 is 9.31 Å². The van der Waals surface area contributed by atoms with Crippen LogP contribution in [0.3, 0.4) is 0 Å². The highest BCUT2D eigenvalue weighted by molar-refractivity contribution is 6.63. The van der Waals surface area contributed by atoms with Crippen molar-refractivity contribution in [3.05, 3.63) is 30.1 Å². The molecule has 1 aliphatic rings. The normalized spacial score (nSPS) is 21.1. The minimum atomic E-state index is -0.356. The average molecular weight is 245 g/mol. The lowest BCUT2D eigenvalue weighted by atomic mass is 9.74. The molecule has 0 unspecified atom stereocenters. The first-order valence-corrected chi connectivity index (χ1v) is 6.21. The molecule has 0 amide bonds. The van der Waals surface area contributed by atoms with Crippen LogP contribution in [-0.2, 0) is 9.31 Å². The Morgan fingerprint density at radius 1 is 1.17 bits per heavy atom. The van der Waals surface area contributed by atoms with E-state index >= 15 is 0 Å². The third-order valence-electron chi connectivity index (χ3n) is 3.93. The summed E-state index contributed by atoms with van der Waals surface area (Å²) in [4.78, 5) is 4.18. The number of rotatable bonds is 2. The van der Waals surface area contributed by atoms with Crippen LogP contribution in [-0.4, -0.2) is 23.3 Å². The molecule has 96 valence electrons. The zero-order valence-corrected chi connectivity index (χ0v) is 11.8. The minimum Gasteiger partial charge on any atom is -0.399 e. The lowest BCUT2D eigenvalue weighted by Gasteiger charge is -2.32. The summed E-state index contributed by atoms with van der Waals surface area (Å²) in [6.07, 6.45) is 5.41. The highest BCUT2D eigenvalue weighted by Gasteiger charge is 2.52. The predicted octanol–water partition coefficient (Wildman–Crippen LogP) is 2.33. The fourth-order valence-electron chi connectivity index (χ4n) is 2.04. The van der Waals surface area contributed by atoms with E-state index in [4.69, 9.17) is 9.31 Å². The van der Waals surface area contributed by atoms with Gasteiger partial charge in [-0.1, -0.05) is 12.7 Å². The molecule has 0 N–H and O–H groups in total. The van der Waals surface area contributed by atoms with E-state index in [1.54, 1.807) is 12.3 Å². The number of aromatic nitrogens is 1. The van der Waals surface area contributed by atoms with Crippen LogP contribution in [0.15, 0.2) is 19.0 Å². The van der Waals surface area contributed by atoms with Gasteiger partial charge in [0.15, 0.2) is 0 Å². The van der Waals surface area contributed by atoms with Crippen LogP contribution in [0.1, 0.15) is 38.8 Å². The van der Waals surface area contributed by atoms with E-state index in [0.29, 0.717) is 0 Å². The second-order valence-corrected chi connectivity index (χ2v) is 5.75. The minimum absolute atomic E-state index is 0.328. The lowest BCUT2D eigenvalue weighted by molar-refractivity contribution is 0.00578. The van der Waals surface area contributed by atoms with E-state index in [0.717, 1.165) is 16.6 Å². The number of nitrogens with zero attached hydrogens (tertiary/aromatic N) is 1. The molecule has 1 saturated heterocycles. The Kier molecular flexibility index (Phi) is 3.12. The van der Waals surface area contributed by atoms with E-state index in [1.807, 2.05) is 13.1 Å². The molecule has 18 heavy (non-hydrogen) atoms. The van der Waals surface area contributed by atoms with Crippen molar-refractivity contribution in [3.63, 3.8) is 0 Å². The molecule has 0 atom stereocenters. The second-order valence-electron chi connectivity index (χ2n) is 5.75. The number of pyridine rings is 1. The van der Waals surface area contributed by atoms with Gasteiger partial charge < -0.3 is 9.31 Å². The fourth-order valence-corrected chi connectivity index (χ4v) is 2.04. The maximum Gasteiger partial charge on any atom is 0.495 e. The summed E-state index contributed by atoms with van der Waals surface area (Å²) in [5, 5.41) is 0. The van der Waals surface area contributed by atoms with Crippen molar-refractivity contribution in [3.8, 4) is 0 Å². The molecule has 0 bridgehead atoms. The first kappa shape index (κ1) is 13.3.